The first-order chi connectivity index (χ1) is 15.7. The summed E-state index contributed by atoms with van der Waals surface area (Å²) in [7, 11) is 1.80. The van der Waals surface area contributed by atoms with Gasteiger partial charge < -0.3 is 25.0 Å². The van der Waals surface area contributed by atoms with Crippen molar-refractivity contribution >= 4 is 35.8 Å². The number of benzene rings is 1. The molecular formula is C25H36IN5O2. The Kier molecular flexibility index (Phi) is 10.1. The topological polar surface area (TPSA) is 71.0 Å². The SMILES string of the molecule is CN=C(NCc1ccnc(N2CCCCC2)c1)NCc1ccc(C)cc1OC1CCOC1.I. The van der Waals surface area contributed by atoms with Crippen molar-refractivity contribution in [2.45, 2.75) is 51.8 Å². The quantitative estimate of drug-likeness (QED) is 0.300. The highest BCUT2D eigenvalue weighted by Gasteiger charge is 2.19. The Morgan fingerprint density at radius 3 is 2.73 bits per heavy atom. The van der Waals surface area contributed by atoms with Gasteiger partial charge in [-0.1, -0.05) is 12.1 Å². The molecule has 2 N–H and O–H groups in total. The monoisotopic (exact) mass is 565 g/mol. The zero-order chi connectivity index (χ0) is 22.2. The second-order valence-corrected chi connectivity index (χ2v) is 8.56. The van der Waals surface area contributed by atoms with Gasteiger partial charge >= 0.3 is 0 Å². The number of aryl methyl sites for hydroxylation is 1. The van der Waals surface area contributed by atoms with Crippen molar-refractivity contribution in [1.82, 2.24) is 15.6 Å². The molecule has 33 heavy (non-hydrogen) atoms. The second-order valence-electron chi connectivity index (χ2n) is 8.56. The lowest BCUT2D eigenvalue weighted by Gasteiger charge is -2.28. The van der Waals surface area contributed by atoms with Crippen LogP contribution in [0.3, 0.4) is 0 Å². The molecule has 1 unspecified atom stereocenters. The van der Waals surface area contributed by atoms with E-state index in [9.17, 15) is 0 Å². The fraction of sp³-hybridized carbons (Fsp3) is 0.520. The van der Waals surface area contributed by atoms with Gasteiger partial charge in [0.25, 0.3) is 0 Å². The molecule has 8 heteroatoms. The van der Waals surface area contributed by atoms with E-state index in [2.05, 4.69) is 62.8 Å². The lowest BCUT2D eigenvalue weighted by atomic mass is 10.1. The first-order valence-corrected chi connectivity index (χ1v) is 11.7. The van der Waals surface area contributed by atoms with Crippen molar-refractivity contribution < 1.29 is 9.47 Å². The number of hydrogen-bond acceptors (Lipinski definition) is 5. The number of piperidine rings is 1. The molecule has 0 spiro atoms. The molecule has 3 heterocycles. The van der Waals surface area contributed by atoms with Crippen LogP contribution in [0.4, 0.5) is 5.82 Å². The van der Waals surface area contributed by atoms with Crippen molar-refractivity contribution in [3.8, 4) is 5.75 Å². The maximum absolute atomic E-state index is 6.22. The molecule has 2 fully saturated rings. The van der Waals surface area contributed by atoms with Crippen molar-refractivity contribution in [2.24, 2.45) is 4.99 Å². The van der Waals surface area contributed by atoms with Gasteiger partial charge in [-0.3, -0.25) is 4.99 Å². The summed E-state index contributed by atoms with van der Waals surface area (Å²) in [5.74, 6) is 2.75. The first kappa shape index (κ1) is 25.6. The Bertz CT molecular complexity index is 911. The van der Waals surface area contributed by atoms with E-state index >= 15 is 0 Å². The molecular weight excluding hydrogens is 529 g/mol. The maximum atomic E-state index is 6.22. The molecule has 2 aromatic rings. The van der Waals surface area contributed by atoms with Gasteiger partial charge in [-0.25, -0.2) is 4.98 Å². The average Bonchev–Trinajstić information content (AvgIpc) is 3.34. The van der Waals surface area contributed by atoms with E-state index in [0.29, 0.717) is 19.7 Å². The summed E-state index contributed by atoms with van der Waals surface area (Å²) in [5.41, 5.74) is 3.50. The number of aromatic nitrogens is 1. The molecule has 0 saturated carbocycles. The van der Waals surface area contributed by atoms with Crippen LogP contribution in [0.25, 0.3) is 0 Å². The van der Waals surface area contributed by atoms with Gasteiger partial charge in [-0.15, -0.1) is 24.0 Å². The number of nitrogens with one attached hydrogen (secondary N) is 2. The fourth-order valence-corrected chi connectivity index (χ4v) is 4.15. The van der Waals surface area contributed by atoms with Crippen LogP contribution in [-0.2, 0) is 17.8 Å². The number of nitrogens with zero attached hydrogens (tertiary/aromatic N) is 3. The highest BCUT2D eigenvalue weighted by atomic mass is 127. The predicted molar refractivity (Wildman–Crippen MR) is 144 cm³/mol. The lowest BCUT2D eigenvalue weighted by molar-refractivity contribution is 0.140. The van der Waals surface area contributed by atoms with Gasteiger partial charge in [0, 0.05) is 51.4 Å². The lowest BCUT2D eigenvalue weighted by Crippen LogP contribution is -2.36. The molecule has 0 amide bonds. The van der Waals surface area contributed by atoms with Gasteiger partial charge in [0.15, 0.2) is 5.96 Å². The largest absolute Gasteiger partial charge is 0.488 e. The molecule has 2 saturated heterocycles. The number of guanidine groups is 1. The van der Waals surface area contributed by atoms with Crippen molar-refractivity contribution in [1.29, 1.82) is 0 Å². The van der Waals surface area contributed by atoms with Gasteiger partial charge in [-0.05, 0) is 55.5 Å². The number of rotatable bonds is 7. The number of pyridine rings is 1. The van der Waals surface area contributed by atoms with Gasteiger partial charge in [0.2, 0.25) is 0 Å². The molecule has 0 aliphatic carbocycles. The Hall–Kier alpha value is -2.07. The molecule has 1 atom stereocenters. The number of aliphatic imine (C=N–C) groups is 1. The average molecular weight is 566 g/mol. The molecule has 4 rings (SSSR count). The number of hydrogen-bond donors (Lipinski definition) is 2. The standard InChI is InChI=1S/C25H35N5O2.HI/c1-19-6-7-21(23(14-19)32-22-9-13-31-18-22)17-29-25(26-2)28-16-20-8-10-27-24(15-20)30-11-4-3-5-12-30;/h6-8,10,14-15,22H,3-5,9,11-13,16-18H2,1-2H3,(H2,26,28,29);1H. The minimum Gasteiger partial charge on any atom is -0.488 e. The third-order valence-corrected chi connectivity index (χ3v) is 6.02. The summed E-state index contributed by atoms with van der Waals surface area (Å²) in [5, 5.41) is 6.84. The Morgan fingerprint density at radius 1 is 1.15 bits per heavy atom. The molecule has 7 nitrogen and oxygen atoms in total. The minimum absolute atomic E-state index is 0. The van der Waals surface area contributed by atoms with E-state index in [1.807, 2.05) is 6.20 Å². The summed E-state index contributed by atoms with van der Waals surface area (Å²) in [6.07, 6.45) is 6.80. The normalized spacial score (nSPS) is 18.5. The van der Waals surface area contributed by atoms with E-state index in [1.165, 1.54) is 30.4 Å². The van der Waals surface area contributed by atoms with E-state index in [-0.39, 0.29) is 30.1 Å². The van der Waals surface area contributed by atoms with Gasteiger partial charge in [0.1, 0.15) is 17.7 Å². The highest BCUT2D eigenvalue weighted by Crippen LogP contribution is 2.24. The molecule has 0 radical (unpaired) electrons. The molecule has 0 bridgehead atoms. The predicted octanol–water partition coefficient (Wildman–Crippen LogP) is 4.03. The van der Waals surface area contributed by atoms with E-state index < -0.39 is 0 Å². The molecule has 2 aliphatic rings. The summed E-state index contributed by atoms with van der Waals surface area (Å²) in [4.78, 5) is 11.3. The molecule has 1 aromatic carbocycles. The molecule has 180 valence electrons. The smallest absolute Gasteiger partial charge is 0.191 e. The van der Waals surface area contributed by atoms with Gasteiger partial charge in [-0.2, -0.15) is 0 Å². The van der Waals surface area contributed by atoms with Crippen molar-refractivity contribution in [3.05, 3.63) is 53.2 Å². The maximum Gasteiger partial charge on any atom is 0.191 e. The fourth-order valence-electron chi connectivity index (χ4n) is 4.15. The molecule has 2 aliphatic heterocycles. The second kappa shape index (κ2) is 13.0. The van der Waals surface area contributed by atoms with Crippen LogP contribution < -0.4 is 20.3 Å². The first-order valence-electron chi connectivity index (χ1n) is 11.7. The molecule has 1 aromatic heterocycles. The zero-order valence-corrected chi connectivity index (χ0v) is 22.0. The van der Waals surface area contributed by atoms with Crippen LogP contribution in [0.2, 0.25) is 0 Å². The van der Waals surface area contributed by atoms with E-state index in [0.717, 1.165) is 49.2 Å². The zero-order valence-electron chi connectivity index (χ0n) is 19.7. The summed E-state index contributed by atoms with van der Waals surface area (Å²) in [6, 6.07) is 10.6. The number of ether oxygens (including phenoxy) is 2. The highest BCUT2D eigenvalue weighted by molar-refractivity contribution is 14.0. The summed E-state index contributed by atoms with van der Waals surface area (Å²) < 4.78 is 11.7. The third kappa shape index (κ3) is 7.46. The summed E-state index contributed by atoms with van der Waals surface area (Å²) >= 11 is 0. The third-order valence-electron chi connectivity index (χ3n) is 6.02. The minimum atomic E-state index is 0. The van der Waals surface area contributed by atoms with Crippen molar-refractivity contribution in [3.63, 3.8) is 0 Å². The Labute approximate surface area is 214 Å². The van der Waals surface area contributed by atoms with Crippen LogP contribution in [0.1, 0.15) is 42.4 Å². The van der Waals surface area contributed by atoms with Crippen LogP contribution in [0.5, 0.6) is 5.75 Å². The van der Waals surface area contributed by atoms with E-state index in [4.69, 9.17) is 9.47 Å². The van der Waals surface area contributed by atoms with Crippen LogP contribution in [0, 0.1) is 6.92 Å². The Morgan fingerprint density at radius 2 is 1.97 bits per heavy atom. The van der Waals surface area contributed by atoms with Crippen LogP contribution in [0.15, 0.2) is 41.5 Å². The summed E-state index contributed by atoms with van der Waals surface area (Å²) in [6.45, 7) is 7.05. The number of halogens is 1. The number of anilines is 1. The van der Waals surface area contributed by atoms with Crippen LogP contribution >= 0.6 is 24.0 Å². The van der Waals surface area contributed by atoms with Gasteiger partial charge in [0.05, 0.1) is 13.2 Å². The Balaban J connectivity index is 0.00000306. The van der Waals surface area contributed by atoms with E-state index in [1.54, 1.807) is 7.05 Å². The van der Waals surface area contributed by atoms with Crippen molar-refractivity contribution in [2.75, 3.05) is 38.3 Å². The van der Waals surface area contributed by atoms with Crippen LogP contribution in [-0.4, -0.2) is 50.4 Å².